The molecule has 0 spiro atoms. The van der Waals surface area contributed by atoms with Gasteiger partial charge in [0.2, 0.25) is 0 Å². The number of nitrogens with one attached hydrogen (secondary N) is 3. The van der Waals surface area contributed by atoms with Crippen molar-refractivity contribution in [2.75, 3.05) is 20.0 Å². The van der Waals surface area contributed by atoms with Crippen molar-refractivity contribution in [3.05, 3.63) is 75.0 Å². The van der Waals surface area contributed by atoms with Crippen LogP contribution in [0.3, 0.4) is 0 Å². The van der Waals surface area contributed by atoms with Crippen LogP contribution >= 0.6 is 0 Å². The van der Waals surface area contributed by atoms with Crippen molar-refractivity contribution in [1.82, 2.24) is 25.6 Å². The first-order valence-corrected chi connectivity index (χ1v) is 9.74. The van der Waals surface area contributed by atoms with Crippen LogP contribution in [0.4, 0.5) is 0 Å². The first kappa shape index (κ1) is 15.5. The quantitative estimate of drug-likeness (QED) is 0.602. The second-order valence-corrected chi connectivity index (χ2v) is 6.99. The number of hydrogen-bond donors (Lipinski definition) is 3. The van der Waals surface area contributed by atoms with Gasteiger partial charge in [-0.1, -0.05) is 19.1 Å². The number of aryl methyl sites for hydroxylation is 1. The second kappa shape index (κ2) is 8.59. The highest BCUT2D eigenvalue weighted by Crippen LogP contribution is 2.25. The van der Waals surface area contributed by atoms with Crippen LogP contribution in [-0.2, 0) is 12.8 Å². The zero-order chi connectivity index (χ0) is 24.7. The van der Waals surface area contributed by atoms with Crippen molar-refractivity contribution < 1.29 is 10.3 Å². The van der Waals surface area contributed by atoms with Gasteiger partial charge in [0.15, 0.2) is 0 Å². The maximum absolute atomic E-state index is 12.2. The molecule has 0 saturated carbocycles. The molecule has 0 aliphatic carbocycles. The Bertz CT molecular complexity index is 1370. The largest absolute Gasteiger partial charge is 0.354 e. The predicted octanol–water partition coefficient (Wildman–Crippen LogP) is 2.21. The van der Waals surface area contributed by atoms with Crippen LogP contribution in [0.1, 0.15) is 51.7 Å². The summed E-state index contributed by atoms with van der Waals surface area (Å²) in [7, 11) is 1.50. The fraction of sp³-hybridized carbons (Fsp3) is 0.304. The van der Waals surface area contributed by atoms with E-state index in [4.69, 9.17) is 5.48 Å². The molecule has 1 amide bonds. The molecule has 7 nitrogen and oxygen atoms in total. The normalized spacial score (nSPS) is 19.2. The van der Waals surface area contributed by atoms with Crippen LogP contribution in [0.5, 0.6) is 0 Å². The SMILES string of the molecule is [2H]C1([2H])C=C(c2ccc(C(=O)NC)nc2Cc2cnc3cc(CC)c(=O)[nH]c3c2)CC([2H])([2H])N1. The van der Waals surface area contributed by atoms with Gasteiger partial charge in [0.05, 0.1) is 16.7 Å². The van der Waals surface area contributed by atoms with Gasteiger partial charge in [-0.2, -0.15) is 0 Å². The Kier molecular flexibility index (Phi) is 4.44. The predicted molar refractivity (Wildman–Crippen MR) is 118 cm³/mol. The highest BCUT2D eigenvalue weighted by Gasteiger charge is 2.16. The lowest BCUT2D eigenvalue weighted by Crippen LogP contribution is -2.22. The molecular formula is C23H25N5O2. The van der Waals surface area contributed by atoms with Crippen LogP contribution < -0.4 is 16.2 Å². The van der Waals surface area contributed by atoms with Crippen LogP contribution in [0.15, 0.2) is 41.3 Å². The first-order valence-electron chi connectivity index (χ1n) is 11.7. The number of amides is 1. The molecule has 154 valence electrons. The number of hydrogen-bond acceptors (Lipinski definition) is 5. The molecule has 1 aliphatic heterocycles. The highest BCUT2D eigenvalue weighted by atomic mass is 16.1. The number of carbonyl (C=O) groups excluding carboxylic acids is 1. The second-order valence-electron chi connectivity index (χ2n) is 6.99. The summed E-state index contributed by atoms with van der Waals surface area (Å²) in [5.74, 6) is -0.370. The van der Waals surface area contributed by atoms with E-state index in [-0.39, 0.29) is 30.0 Å². The fourth-order valence-electron chi connectivity index (χ4n) is 3.44. The minimum Gasteiger partial charge on any atom is -0.354 e. The highest BCUT2D eigenvalue weighted by molar-refractivity contribution is 5.92. The zero-order valence-electron chi connectivity index (χ0n) is 20.8. The van der Waals surface area contributed by atoms with Gasteiger partial charge in [-0.15, -0.1) is 0 Å². The number of rotatable bonds is 5. The topological polar surface area (TPSA) is 99.8 Å². The molecule has 4 heterocycles. The van der Waals surface area contributed by atoms with E-state index in [9.17, 15) is 9.59 Å². The van der Waals surface area contributed by atoms with Crippen molar-refractivity contribution in [2.45, 2.75) is 26.2 Å². The van der Waals surface area contributed by atoms with Gasteiger partial charge >= 0.3 is 0 Å². The van der Waals surface area contributed by atoms with Crippen LogP contribution in [-0.4, -0.2) is 40.9 Å². The van der Waals surface area contributed by atoms with Gasteiger partial charge in [0.25, 0.3) is 11.5 Å². The van der Waals surface area contributed by atoms with E-state index in [1.807, 2.05) is 6.92 Å². The molecule has 0 bridgehead atoms. The molecular weight excluding hydrogens is 378 g/mol. The fourth-order valence-corrected chi connectivity index (χ4v) is 3.44. The Labute approximate surface area is 180 Å². The lowest BCUT2D eigenvalue weighted by atomic mass is 9.95. The van der Waals surface area contributed by atoms with Gasteiger partial charge in [-0.25, -0.2) is 4.98 Å². The van der Waals surface area contributed by atoms with E-state index in [0.29, 0.717) is 39.8 Å². The number of fused-ring (bicyclic) bond motifs is 1. The maximum Gasteiger partial charge on any atom is 0.269 e. The molecule has 30 heavy (non-hydrogen) atoms. The van der Waals surface area contributed by atoms with Crippen LogP contribution in [0, 0.1) is 0 Å². The summed E-state index contributed by atoms with van der Waals surface area (Å²) in [4.78, 5) is 36.3. The average molecular weight is 408 g/mol. The number of aromatic nitrogens is 3. The molecule has 1 aliphatic rings. The van der Waals surface area contributed by atoms with Crippen molar-refractivity contribution in [2.24, 2.45) is 0 Å². The molecule has 0 radical (unpaired) electrons. The van der Waals surface area contributed by atoms with Crippen molar-refractivity contribution in [3.63, 3.8) is 0 Å². The molecule has 3 aromatic heterocycles. The lowest BCUT2D eigenvalue weighted by Gasteiger charge is -2.18. The van der Waals surface area contributed by atoms with Gasteiger partial charge < -0.3 is 15.6 Å². The standard InChI is InChI=1S/C23H25N5O2/c1-3-15-12-20-21(28-22(15)29)11-14(13-26-20)10-19-17(16-6-8-25-9-7-16)4-5-18(27-19)23(30)24-2/h4-6,11-13,25H,3,7-10H2,1-2H3,(H,24,30)(H,28,29)/i8D2,9D2. The molecule has 3 aromatic rings. The summed E-state index contributed by atoms with van der Waals surface area (Å²) in [5.41, 5.74) is 4.13. The Morgan fingerprint density at radius 1 is 1.33 bits per heavy atom. The van der Waals surface area contributed by atoms with Gasteiger partial charge in [0.1, 0.15) is 5.69 Å². The minimum atomic E-state index is -2.05. The van der Waals surface area contributed by atoms with Crippen molar-refractivity contribution >= 4 is 22.5 Å². The smallest absolute Gasteiger partial charge is 0.269 e. The Hall–Kier alpha value is -3.32. The summed E-state index contributed by atoms with van der Waals surface area (Å²) >= 11 is 0. The third-order valence-corrected chi connectivity index (χ3v) is 5.04. The Morgan fingerprint density at radius 3 is 2.97 bits per heavy atom. The Morgan fingerprint density at radius 2 is 2.20 bits per heavy atom. The van der Waals surface area contributed by atoms with E-state index < -0.39 is 13.0 Å². The summed E-state index contributed by atoms with van der Waals surface area (Å²) in [6.45, 7) is -2.10. The summed E-state index contributed by atoms with van der Waals surface area (Å²) < 4.78 is 32.3. The molecule has 0 fully saturated rings. The Balaban J connectivity index is 1.80. The molecule has 3 N–H and O–H groups in total. The molecule has 0 aromatic carbocycles. The first-order chi connectivity index (χ1) is 16.0. The van der Waals surface area contributed by atoms with Crippen LogP contribution in [0.25, 0.3) is 16.6 Å². The van der Waals surface area contributed by atoms with E-state index in [1.54, 1.807) is 24.4 Å². The number of nitrogens with zero attached hydrogens (tertiary/aromatic N) is 2. The van der Waals surface area contributed by atoms with Gasteiger partial charge in [-0.05, 0) is 54.2 Å². The van der Waals surface area contributed by atoms with Crippen LogP contribution in [0.2, 0.25) is 0 Å². The number of carbonyl (C=O) groups is 1. The van der Waals surface area contributed by atoms with E-state index in [0.717, 1.165) is 5.56 Å². The molecule has 0 atom stereocenters. The number of aromatic amines is 1. The van der Waals surface area contributed by atoms with Gasteiger partial charge in [0, 0.05) is 37.2 Å². The molecule has 7 heteroatoms. The summed E-state index contributed by atoms with van der Waals surface area (Å²) in [6, 6.07) is 6.77. The average Bonchev–Trinajstić information content (AvgIpc) is 2.75. The third kappa shape index (κ3) is 4.02. The van der Waals surface area contributed by atoms with Gasteiger partial charge in [-0.3, -0.25) is 14.6 Å². The minimum absolute atomic E-state index is 0.0659. The van der Waals surface area contributed by atoms with Crippen molar-refractivity contribution in [1.29, 1.82) is 0 Å². The summed E-state index contributed by atoms with van der Waals surface area (Å²) in [6.07, 6.45) is 3.80. The molecule has 0 saturated heterocycles. The molecule has 4 rings (SSSR count). The van der Waals surface area contributed by atoms with E-state index >= 15 is 0 Å². The maximum atomic E-state index is 12.2. The summed E-state index contributed by atoms with van der Waals surface area (Å²) in [5, 5.41) is 4.88. The van der Waals surface area contributed by atoms with E-state index in [1.165, 1.54) is 19.2 Å². The lowest BCUT2D eigenvalue weighted by molar-refractivity contribution is 0.0958. The number of pyridine rings is 3. The third-order valence-electron chi connectivity index (χ3n) is 5.04. The van der Waals surface area contributed by atoms with E-state index in [2.05, 4.69) is 25.6 Å². The number of H-pyrrole nitrogens is 1. The zero-order valence-corrected chi connectivity index (χ0v) is 16.8. The monoisotopic (exact) mass is 407 g/mol. The molecule has 0 unspecified atom stereocenters. The van der Waals surface area contributed by atoms with Crippen molar-refractivity contribution in [3.8, 4) is 0 Å².